The Hall–Kier alpha value is -2.83. The van der Waals surface area contributed by atoms with Gasteiger partial charge in [0.2, 0.25) is 0 Å². The molecule has 0 atom stereocenters. The number of amides is 2. The van der Waals surface area contributed by atoms with Gasteiger partial charge in [-0.3, -0.25) is 4.68 Å². The van der Waals surface area contributed by atoms with E-state index in [9.17, 15) is 4.79 Å². The van der Waals surface area contributed by atoms with E-state index in [0.29, 0.717) is 12.2 Å². The van der Waals surface area contributed by atoms with Crippen LogP contribution in [0.25, 0.3) is 21.8 Å². The van der Waals surface area contributed by atoms with Gasteiger partial charge in [0.25, 0.3) is 0 Å². The molecule has 1 aromatic carbocycles. The molecule has 2 amide bonds. The third kappa shape index (κ3) is 4.03. The number of anilines is 1. The van der Waals surface area contributed by atoms with Crippen LogP contribution in [0.3, 0.4) is 0 Å². The minimum Gasteiger partial charge on any atom is -0.382 e. The largest absolute Gasteiger partial charge is 0.382 e. The second-order valence-corrected chi connectivity index (χ2v) is 8.22. The van der Waals surface area contributed by atoms with E-state index >= 15 is 0 Å². The van der Waals surface area contributed by atoms with Gasteiger partial charge in [0.1, 0.15) is 5.52 Å². The van der Waals surface area contributed by atoms with E-state index in [1.807, 2.05) is 50.6 Å². The molecular weight excluding hydrogens is 352 g/mol. The van der Waals surface area contributed by atoms with Crippen molar-refractivity contribution >= 4 is 33.7 Å². The molecule has 3 aromatic rings. The summed E-state index contributed by atoms with van der Waals surface area (Å²) in [6.07, 6.45) is 1.58. The topological polar surface area (TPSA) is 97.9 Å². The Kier molecular flexibility index (Phi) is 5.45. The number of para-hydroxylation sites is 1. The van der Waals surface area contributed by atoms with Crippen molar-refractivity contribution in [2.24, 2.45) is 0 Å². The van der Waals surface area contributed by atoms with Crippen LogP contribution in [0.5, 0.6) is 0 Å². The summed E-state index contributed by atoms with van der Waals surface area (Å²) in [7, 11) is 0. The van der Waals surface area contributed by atoms with Gasteiger partial charge in [-0.15, -0.1) is 0 Å². The molecule has 0 spiro atoms. The number of fused-ring (bicyclic) bond motifs is 3. The van der Waals surface area contributed by atoms with E-state index in [-0.39, 0.29) is 12.1 Å². The molecule has 150 valence electrons. The van der Waals surface area contributed by atoms with Crippen molar-refractivity contribution in [3.63, 3.8) is 0 Å². The van der Waals surface area contributed by atoms with Crippen LogP contribution in [0.1, 0.15) is 46.7 Å². The van der Waals surface area contributed by atoms with Crippen LogP contribution in [-0.2, 0) is 13.0 Å². The van der Waals surface area contributed by atoms with Gasteiger partial charge in [-0.1, -0.05) is 25.1 Å². The van der Waals surface area contributed by atoms with Gasteiger partial charge < -0.3 is 16.4 Å². The van der Waals surface area contributed by atoms with Crippen LogP contribution in [0.4, 0.5) is 10.6 Å². The van der Waals surface area contributed by atoms with Crippen LogP contribution >= 0.6 is 0 Å². The van der Waals surface area contributed by atoms with Crippen molar-refractivity contribution in [3.8, 4) is 0 Å². The number of aromatic nitrogens is 3. The molecule has 7 nitrogen and oxygen atoms in total. The zero-order chi connectivity index (χ0) is 20.5. The normalized spacial score (nSPS) is 12.1. The van der Waals surface area contributed by atoms with Gasteiger partial charge in [-0.2, -0.15) is 5.10 Å². The average Bonchev–Trinajstić information content (AvgIpc) is 2.92. The second kappa shape index (κ2) is 7.66. The van der Waals surface area contributed by atoms with Crippen molar-refractivity contribution in [1.29, 1.82) is 0 Å². The maximum Gasteiger partial charge on any atom is 0.315 e. The number of carbonyl (C=O) groups excluding carboxylic acids is 1. The van der Waals surface area contributed by atoms with Gasteiger partial charge in [-0.05, 0) is 40.2 Å². The molecule has 0 saturated heterocycles. The van der Waals surface area contributed by atoms with Crippen molar-refractivity contribution in [2.45, 2.75) is 65.6 Å². The number of nitrogen functional groups attached to an aromatic ring is 1. The number of rotatable bonds is 6. The maximum absolute atomic E-state index is 12.3. The van der Waals surface area contributed by atoms with E-state index in [2.05, 4.69) is 28.6 Å². The van der Waals surface area contributed by atoms with Crippen LogP contribution in [-0.4, -0.2) is 32.4 Å². The third-order valence-electron chi connectivity index (χ3n) is 4.63. The number of hydrogen-bond acceptors (Lipinski definition) is 4. The second-order valence-electron chi connectivity index (χ2n) is 8.22. The Labute approximate surface area is 165 Å². The van der Waals surface area contributed by atoms with E-state index in [1.54, 1.807) is 0 Å². The van der Waals surface area contributed by atoms with Crippen LogP contribution in [0, 0.1) is 0 Å². The molecule has 0 bridgehead atoms. The SMILES string of the molecule is CCCn1nc2c(N)nc3ccccc3c2c1CC(C)(C)NC(=O)NC(C)C. The highest BCUT2D eigenvalue weighted by Gasteiger charge is 2.26. The molecule has 7 heteroatoms. The molecule has 0 fully saturated rings. The molecule has 0 unspecified atom stereocenters. The lowest BCUT2D eigenvalue weighted by Crippen LogP contribution is -2.51. The zero-order valence-corrected chi connectivity index (χ0v) is 17.3. The molecule has 0 saturated carbocycles. The van der Waals surface area contributed by atoms with E-state index in [0.717, 1.165) is 40.5 Å². The van der Waals surface area contributed by atoms with Crippen molar-refractivity contribution in [2.75, 3.05) is 5.73 Å². The summed E-state index contributed by atoms with van der Waals surface area (Å²) < 4.78 is 2.01. The Balaban J connectivity index is 2.10. The van der Waals surface area contributed by atoms with Gasteiger partial charge >= 0.3 is 6.03 Å². The zero-order valence-electron chi connectivity index (χ0n) is 17.3. The number of hydrogen-bond donors (Lipinski definition) is 3. The number of aryl methyl sites for hydroxylation is 1. The first-order valence-electron chi connectivity index (χ1n) is 9.84. The third-order valence-corrected chi connectivity index (χ3v) is 4.63. The minimum absolute atomic E-state index is 0.0806. The molecular formula is C21H30N6O. The van der Waals surface area contributed by atoms with Crippen molar-refractivity contribution < 1.29 is 4.79 Å². The first kappa shape index (κ1) is 19.9. The summed E-state index contributed by atoms with van der Waals surface area (Å²) in [5, 5.41) is 12.8. The number of carbonyl (C=O) groups is 1. The Morgan fingerprint density at radius 3 is 2.68 bits per heavy atom. The highest BCUT2D eigenvalue weighted by atomic mass is 16.2. The van der Waals surface area contributed by atoms with Crippen LogP contribution in [0.2, 0.25) is 0 Å². The van der Waals surface area contributed by atoms with Crippen molar-refractivity contribution in [3.05, 3.63) is 30.0 Å². The lowest BCUT2D eigenvalue weighted by atomic mass is 9.95. The fraction of sp³-hybridized carbons (Fsp3) is 0.476. The number of benzene rings is 1. The average molecular weight is 383 g/mol. The van der Waals surface area contributed by atoms with Crippen molar-refractivity contribution in [1.82, 2.24) is 25.4 Å². The lowest BCUT2D eigenvalue weighted by molar-refractivity contribution is 0.227. The van der Waals surface area contributed by atoms with E-state index < -0.39 is 5.54 Å². The van der Waals surface area contributed by atoms with E-state index in [1.165, 1.54) is 0 Å². The van der Waals surface area contributed by atoms with Gasteiger partial charge in [0.05, 0.1) is 5.52 Å². The predicted octanol–water partition coefficient (Wildman–Crippen LogP) is 3.61. The first-order valence-corrected chi connectivity index (χ1v) is 9.84. The summed E-state index contributed by atoms with van der Waals surface area (Å²) in [5.41, 5.74) is 8.42. The number of nitrogens with zero attached hydrogens (tertiary/aromatic N) is 3. The number of urea groups is 1. The van der Waals surface area contributed by atoms with Gasteiger partial charge in [-0.25, -0.2) is 9.78 Å². The molecule has 2 aromatic heterocycles. The number of nitrogens with two attached hydrogens (primary N) is 1. The number of pyridine rings is 1. The molecule has 3 rings (SSSR count). The molecule has 4 N–H and O–H groups in total. The molecule has 0 aliphatic rings. The van der Waals surface area contributed by atoms with Gasteiger partial charge in [0, 0.05) is 41.0 Å². The van der Waals surface area contributed by atoms with Crippen LogP contribution < -0.4 is 16.4 Å². The minimum atomic E-state index is -0.462. The van der Waals surface area contributed by atoms with Gasteiger partial charge in [0.15, 0.2) is 5.82 Å². The summed E-state index contributed by atoms with van der Waals surface area (Å²) in [6.45, 7) is 10.8. The van der Waals surface area contributed by atoms with Crippen LogP contribution in [0.15, 0.2) is 24.3 Å². The fourth-order valence-corrected chi connectivity index (χ4v) is 3.57. The summed E-state index contributed by atoms with van der Waals surface area (Å²) in [6, 6.07) is 7.88. The number of nitrogens with one attached hydrogen (secondary N) is 2. The summed E-state index contributed by atoms with van der Waals surface area (Å²) in [4.78, 5) is 16.8. The maximum atomic E-state index is 12.3. The Bertz CT molecular complexity index is 1000. The molecule has 0 aliphatic carbocycles. The molecule has 2 heterocycles. The lowest BCUT2D eigenvalue weighted by Gasteiger charge is -2.27. The molecule has 0 radical (unpaired) electrons. The summed E-state index contributed by atoms with van der Waals surface area (Å²) in [5.74, 6) is 0.438. The molecule has 28 heavy (non-hydrogen) atoms. The smallest absolute Gasteiger partial charge is 0.315 e. The Morgan fingerprint density at radius 1 is 1.29 bits per heavy atom. The van der Waals surface area contributed by atoms with E-state index in [4.69, 9.17) is 10.8 Å². The quantitative estimate of drug-likeness (QED) is 0.606. The predicted molar refractivity (Wildman–Crippen MR) is 114 cm³/mol. The fourth-order valence-electron chi connectivity index (χ4n) is 3.57. The first-order chi connectivity index (χ1) is 13.2. The highest BCUT2D eigenvalue weighted by Crippen LogP contribution is 2.32. The molecule has 0 aliphatic heterocycles. The summed E-state index contributed by atoms with van der Waals surface area (Å²) >= 11 is 0. The standard InChI is InChI=1S/C21H30N6O/c1-6-11-27-16(12-21(4,5)25-20(28)23-13(2)3)17-14-9-7-8-10-15(14)24-19(22)18(17)26-27/h7-10,13H,6,11-12H2,1-5H3,(H2,22,24)(H2,23,25,28). The highest BCUT2D eigenvalue weighted by molar-refractivity contribution is 6.09. The Morgan fingerprint density at radius 2 is 2.00 bits per heavy atom. The monoisotopic (exact) mass is 382 g/mol.